The SMILES string of the molecule is c1ccc(OCC23CCCOC2CCN(Cc2ccncc2)C3)nc1. The summed E-state index contributed by atoms with van der Waals surface area (Å²) in [6, 6.07) is 9.99. The number of hydrogen-bond acceptors (Lipinski definition) is 5. The monoisotopic (exact) mass is 339 g/mol. The molecule has 2 unspecified atom stereocenters. The highest BCUT2D eigenvalue weighted by molar-refractivity contribution is 5.12. The molecule has 4 rings (SSSR count). The summed E-state index contributed by atoms with van der Waals surface area (Å²) in [6.07, 6.45) is 9.12. The van der Waals surface area contributed by atoms with Crippen LogP contribution in [-0.2, 0) is 11.3 Å². The summed E-state index contributed by atoms with van der Waals surface area (Å²) in [5.41, 5.74) is 1.37. The summed E-state index contributed by atoms with van der Waals surface area (Å²) in [5, 5.41) is 0. The Kier molecular flexibility index (Phi) is 4.95. The molecule has 0 amide bonds. The molecule has 0 N–H and O–H groups in total. The van der Waals surface area contributed by atoms with Gasteiger partial charge in [0.2, 0.25) is 5.88 Å². The van der Waals surface area contributed by atoms with Crippen molar-refractivity contribution in [3.05, 3.63) is 54.5 Å². The lowest BCUT2D eigenvalue weighted by Crippen LogP contribution is -2.57. The van der Waals surface area contributed by atoms with Gasteiger partial charge in [0.05, 0.1) is 12.7 Å². The van der Waals surface area contributed by atoms with Crippen LogP contribution in [0.2, 0.25) is 0 Å². The van der Waals surface area contributed by atoms with E-state index in [2.05, 4.69) is 27.0 Å². The molecule has 5 nitrogen and oxygen atoms in total. The van der Waals surface area contributed by atoms with Crippen LogP contribution in [-0.4, -0.2) is 47.3 Å². The smallest absolute Gasteiger partial charge is 0.213 e. The van der Waals surface area contributed by atoms with Gasteiger partial charge in [-0.15, -0.1) is 0 Å². The van der Waals surface area contributed by atoms with E-state index >= 15 is 0 Å². The van der Waals surface area contributed by atoms with Crippen LogP contribution in [0, 0.1) is 5.41 Å². The fraction of sp³-hybridized carbons (Fsp3) is 0.500. The summed E-state index contributed by atoms with van der Waals surface area (Å²) < 4.78 is 12.2. The Morgan fingerprint density at radius 3 is 2.96 bits per heavy atom. The zero-order valence-electron chi connectivity index (χ0n) is 14.5. The van der Waals surface area contributed by atoms with Crippen molar-refractivity contribution < 1.29 is 9.47 Å². The Labute approximate surface area is 149 Å². The normalized spacial score (nSPS) is 26.8. The predicted octanol–water partition coefficient (Wildman–Crippen LogP) is 2.93. The second kappa shape index (κ2) is 7.50. The summed E-state index contributed by atoms with van der Waals surface area (Å²) in [7, 11) is 0. The molecule has 0 aliphatic carbocycles. The molecule has 2 fully saturated rings. The van der Waals surface area contributed by atoms with Gasteiger partial charge < -0.3 is 9.47 Å². The highest BCUT2D eigenvalue weighted by Crippen LogP contribution is 2.40. The molecule has 2 aliphatic rings. The number of fused-ring (bicyclic) bond motifs is 1. The Bertz CT molecular complexity index is 667. The minimum Gasteiger partial charge on any atom is -0.477 e. The number of ether oxygens (including phenoxy) is 2. The maximum Gasteiger partial charge on any atom is 0.213 e. The number of aromatic nitrogens is 2. The van der Waals surface area contributed by atoms with E-state index in [1.165, 1.54) is 5.56 Å². The van der Waals surface area contributed by atoms with Gasteiger partial charge in [-0.25, -0.2) is 4.98 Å². The van der Waals surface area contributed by atoms with E-state index in [4.69, 9.17) is 9.47 Å². The highest BCUT2D eigenvalue weighted by atomic mass is 16.5. The van der Waals surface area contributed by atoms with Crippen LogP contribution in [0.3, 0.4) is 0 Å². The molecular formula is C20H25N3O2. The van der Waals surface area contributed by atoms with Crippen molar-refractivity contribution in [1.29, 1.82) is 0 Å². The zero-order valence-corrected chi connectivity index (χ0v) is 14.5. The standard InChI is InChI=1S/C20H25N3O2/c1-2-9-22-19(4-1)25-16-20-8-3-13-24-18(20)7-12-23(15-20)14-17-5-10-21-11-6-17/h1-2,4-6,9-11,18H,3,7-8,12-16H2. The van der Waals surface area contributed by atoms with Crippen molar-refractivity contribution in [2.45, 2.75) is 31.9 Å². The van der Waals surface area contributed by atoms with Crippen molar-refractivity contribution >= 4 is 0 Å². The number of nitrogens with zero attached hydrogens (tertiary/aromatic N) is 3. The Balaban J connectivity index is 1.47. The van der Waals surface area contributed by atoms with Gasteiger partial charge in [-0.3, -0.25) is 9.88 Å². The van der Waals surface area contributed by atoms with E-state index in [-0.39, 0.29) is 5.41 Å². The van der Waals surface area contributed by atoms with Gasteiger partial charge in [0, 0.05) is 56.3 Å². The number of hydrogen-bond donors (Lipinski definition) is 0. The molecule has 132 valence electrons. The molecular weight excluding hydrogens is 314 g/mol. The second-order valence-electron chi connectivity index (χ2n) is 7.14. The first-order valence-corrected chi connectivity index (χ1v) is 9.11. The molecule has 0 radical (unpaired) electrons. The first-order valence-electron chi connectivity index (χ1n) is 9.11. The number of pyridine rings is 2. The number of likely N-dealkylation sites (tertiary alicyclic amines) is 1. The molecule has 2 aliphatic heterocycles. The minimum atomic E-state index is 0.0566. The van der Waals surface area contributed by atoms with Crippen molar-refractivity contribution in [1.82, 2.24) is 14.9 Å². The van der Waals surface area contributed by atoms with E-state index in [0.717, 1.165) is 45.5 Å². The summed E-state index contributed by atoms with van der Waals surface area (Å²) in [5.74, 6) is 0.701. The Hall–Kier alpha value is -1.98. The largest absolute Gasteiger partial charge is 0.477 e. The van der Waals surface area contributed by atoms with E-state index in [0.29, 0.717) is 18.6 Å². The molecule has 25 heavy (non-hydrogen) atoms. The van der Waals surface area contributed by atoms with Gasteiger partial charge in [0.1, 0.15) is 0 Å². The van der Waals surface area contributed by atoms with Gasteiger partial charge in [0.15, 0.2) is 0 Å². The molecule has 0 bridgehead atoms. The molecule has 0 saturated carbocycles. The third kappa shape index (κ3) is 3.83. The molecule has 2 saturated heterocycles. The average molecular weight is 339 g/mol. The van der Waals surface area contributed by atoms with Gasteiger partial charge in [-0.1, -0.05) is 6.07 Å². The molecule has 0 aromatic carbocycles. The maximum atomic E-state index is 6.14. The van der Waals surface area contributed by atoms with Crippen molar-refractivity contribution in [3.63, 3.8) is 0 Å². The number of piperidine rings is 1. The topological polar surface area (TPSA) is 47.5 Å². The van der Waals surface area contributed by atoms with Crippen molar-refractivity contribution in [3.8, 4) is 5.88 Å². The summed E-state index contributed by atoms with van der Waals surface area (Å²) in [4.78, 5) is 10.9. The summed E-state index contributed by atoms with van der Waals surface area (Å²) >= 11 is 0. The fourth-order valence-corrected chi connectivity index (χ4v) is 4.12. The van der Waals surface area contributed by atoms with Crippen molar-refractivity contribution in [2.24, 2.45) is 5.41 Å². The highest BCUT2D eigenvalue weighted by Gasteiger charge is 2.46. The van der Waals surface area contributed by atoms with Crippen LogP contribution in [0.15, 0.2) is 48.9 Å². The van der Waals surface area contributed by atoms with Crippen LogP contribution < -0.4 is 4.74 Å². The lowest BCUT2D eigenvalue weighted by molar-refractivity contribution is -0.141. The zero-order chi connectivity index (χ0) is 17.0. The first kappa shape index (κ1) is 16.5. The van der Waals surface area contributed by atoms with Gasteiger partial charge >= 0.3 is 0 Å². The third-order valence-electron chi connectivity index (χ3n) is 5.37. The van der Waals surface area contributed by atoms with E-state index in [1.807, 2.05) is 30.6 Å². The predicted molar refractivity (Wildman–Crippen MR) is 95.3 cm³/mol. The molecule has 5 heteroatoms. The van der Waals surface area contributed by atoms with Gasteiger partial charge in [0.25, 0.3) is 0 Å². The van der Waals surface area contributed by atoms with E-state index in [1.54, 1.807) is 6.20 Å². The van der Waals surface area contributed by atoms with Gasteiger partial charge in [-0.2, -0.15) is 0 Å². The van der Waals surface area contributed by atoms with Crippen LogP contribution in [0.1, 0.15) is 24.8 Å². The Morgan fingerprint density at radius 2 is 2.12 bits per heavy atom. The maximum absolute atomic E-state index is 6.14. The van der Waals surface area contributed by atoms with E-state index in [9.17, 15) is 0 Å². The second-order valence-corrected chi connectivity index (χ2v) is 7.14. The molecule has 2 atom stereocenters. The lowest BCUT2D eigenvalue weighted by Gasteiger charge is -2.50. The third-order valence-corrected chi connectivity index (χ3v) is 5.37. The van der Waals surface area contributed by atoms with Crippen LogP contribution in [0.4, 0.5) is 0 Å². The van der Waals surface area contributed by atoms with Crippen LogP contribution in [0.25, 0.3) is 0 Å². The lowest BCUT2D eigenvalue weighted by atomic mass is 9.73. The molecule has 2 aromatic heterocycles. The Morgan fingerprint density at radius 1 is 1.20 bits per heavy atom. The first-order chi connectivity index (χ1) is 12.3. The van der Waals surface area contributed by atoms with Crippen molar-refractivity contribution in [2.75, 3.05) is 26.3 Å². The summed E-state index contributed by atoms with van der Waals surface area (Å²) in [6.45, 7) is 4.58. The molecule has 4 heterocycles. The van der Waals surface area contributed by atoms with E-state index < -0.39 is 0 Å². The van der Waals surface area contributed by atoms with Gasteiger partial charge in [-0.05, 0) is 43.0 Å². The quantitative estimate of drug-likeness (QED) is 0.838. The fourth-order valence-electron chi connectivity index (χ4n) is 4.12. The van der Waals surface area contributed by atoms with Crippen LogP contribution >= 0.6 is 0 Å². The number of rotatable bonds is 5. The van der Waals surface area contributed by atoms with Crippen LogP contribution in [0.5, 0.6) is 5.88 Å². The average Bonchev–Trinajstić information content (AvgIpc) is 2.68. The minimum absolute atomic E-state index is 0.0566. The molecule has 0 spiro atoms. The molecule has 2 aromatic rings.